The van der Waals surface area contributed by atoms with Crippen LogP contribution < -0.4 is 16.5 Å². The first kappa shape index (κ1) is 32.4. The number of hydroxylamine groups is 1. The smallest absolute Gasteiger partial charge is 0.426 e. The lowest BCUT2D eigenvalue weighted by molar-refractivity contribution is -0.149. The molecule has 1 aliphatic rings. The van der Waals surface area contributed by atoms with Crippen LogP contribution in [0.2, 0.25) is 6.32 Å². The van der Waals surface area contributed by atoms with Crippen molar-refractivity contribution >= 4 is 29.1 Å². The van der Waals surface area contributed by atoms with Crippen molar-refractivity contribution in [3.8, 4) is 0 Å². The van der Waals surface area contributed by atoms with Gasteiger partial charge < -0.3 is 16.1 Å². The highest BCUT2D eigenvalue weighted by Gasteiger charge is 2.49. The van der Waals surface area contributed by atoms with Crippen LogP contribution in [0.4, 0.5) is 0 Å². The lowest BCUT2D eigenvalue weighted by atomic mass is 9.82. The molecule has 1 aliphatic carbocycles. The number of rotatable bonds is 12. The second-order valence-electron chi connectivity index (χ2n) is 10.4. The molecule has 0 saturated heterocycles. The van der Waals surface area contributed by atoms with Crippen molar-refractivity contribution in [2.24, 2.45) is 11.1 Å². The summed E-state index contributed by atoms with van der Waals surface area (Å²) in [6.07, 6.45) is 5.06. The van der Waals surface area contributed by atoms with E-state index in [0.29, 0.717) is 38.5 Å². The van der Waals surface area contributed by atoms with Gasteiger partial charge in [0, 0.05) is 5.54 Å². The van der Waals surface area contributed by atoms with Crippen molar-refractivity contribution in [1.29, 1.82) is 0 Å². The number of carbonyl (C=O) groups excluding carboxylic acids is 2. The van der Waals surface area contributed by atoms with Crippen LogP contribution in [0.3, 0.4) is 0 Å². The normalized spacial score (nSPS) is 14.6. The highest BCUT2D eigenvalue weighted by Crippen LogP contribution is 2.39. The second-order valence-corrected chi connectivity index (χ2v) is 11.8. The molecule has 0 unspecified atom stereocenters. The van der Waals surface area contributed by atoms with E-state index >= 15 is 0 Å². The molecule has 12 heteroatoms. The summed E-state index contributed by atoms with van der Waals surface area (Å²) in [5.41, 5.74) is 7.21. The Morgan fingerprint density at radius 3 is 2.08 bits per heavy atom. The van der Waals surface area contributed by atoms with E-state index in [9.17, 15) is 23.0 Å². The number of benzene rings is 2. The topological polar surface area (TPSA) is 168 Å². The summed E-state index contributed by atoms with van der Waals surface area (Å²) < 4.78 is 34.3. The van der Waals surface area contributed by atoms with E-state index in [-0.39, 0.29) is 10.8 Å². The summed E-state index contributed by atoms with van der Waals surface area (Å²) in [5.74, 6) is -0.768. The minimum absolute atomic E-state index is 0.0741. The van der Waals surface area contributed by atoms with E-state index in [4.69, 9.17) is 15.0 Å². The molecule has 2 amide bonds. The average Bonchev–Trinajstić information content (AvgIpc) is 3.40. The lowest BCUT2D eigenvalue weighted by Crippen LogP contribution is -2.56. The molecule has 39 heavy (non-hydrogen) atoms. The van der Waals surface area contributed by atoms with E-state index < -0.39 is 34.1 Å². The van der Waals surface area contributed by atoms with Crippen LogP contribution in [0.5, 0.6) is 0 Å². The van der Waals surface area contributed by atoms with Gasteiger partial charge in [0.2, 0.25) is 5.91 Å². The highest BCUT2D eigenvalue weighted by atomic mass is 32.2. The predicted octanol–water partition coefficient (Wildman–Crippen LogP) is 2.88. The van der Waals surface area contributed by atoms with Gasteiger partial charge in [-0.25, -0.2) is 5.48 Å². The molecule has 6 N–H and O–H groups in total. The summed E-state index contributed by atoms with van der Waals surface area (Å²) in [6, 6.07) is 17.4. The Morgan fingerprint density at radius 2 is 1.56 bits per heavy atom. The molecule has 1 saturated carbocycles. The van der Waals surface area contributed by atoms with Gasteiger partial charge in [-0.3, -0.25) is 18.9 Å². The Balaban J connectivity index is 0.000000446. The van der Waals surface area contributed by atoms with Crippen LogP contribution in [0.25, 0.3) is 0 Å². The largest absolute Gasteiger partial charge is 0.479 e. The minimum Gasteiger partial charge on any atom is -0.426 e. The fraction of sp³-hybridized carbons (Fsp3) is 0.481. The molecule has 0 radical (unpaired) electrons. The van der Waals surface area contributed by atoms with Gasteiger partial charge in [-0.15, -0.1) is 0 Å². The number of nitrogens with two attached hydrogens (primary N) is 1. The minimum atomic E-state index is -4.00. The Bertz CT molecular complexity index is 1140. The maximum Gasteiger partial charge on any atom is 0.479 e. The number of unbranched alkanes of at least 4 members (excludes halogenated alkanes) is 1. The Morgan fingerprint density at radius 1 is 1.00 bits per heavy atom. The first-order chi connectivity index (χ1) is 18.4. The Kier molecular flexibility index (Phi) is 12.6. The predicted molar refractivity (Wildman–Crippen MR) is 150 cm³/mol. The van der Waals surface area contributed by atoms with E-state index in [0.717, 1.165) is 24.8 Å². The quantitative estimate of drug-likeness (QED) is 0.0867. The van der Waals surface area contributed by atoms with E-state index in [1.54, 1.807) is 18.2 Å². The Hall–Kier alpha value is -2.77. The van der Waals surface area contributed by atoms with Gasteiger partial charge in [0.25, 0.3) is 16.0 Å². The van der Waals surface area contributed by atoms with Crippen LogP contribution in [-0.4, -0.2) is 49.0 Å². The van der Waals surface area contributed by atoms with Gasteiger partial charge in [0.1, 0.15) is 5.41 Å². The molecular formula is C27H40BN3O7S. The van der Waals surface area contributed by atoms with Crippen LogP contribution in [0.15, 0.2) is 65.6 Å². The third-order valence-electron chi connectivity index (χ3n) is 6.50. The van der Waals surface area contributed by atoms with Gasteiger partial charge in [0.15, 0.2) is 0 Å². The third-order valence-corrected chi connectivity index (χ3v) is 7.37. The highest BCUT2D eigenvalue weighted by molar-refractivity contribution is 7.85. The molecule has 2 aromatic rings. The van der Waals surface area contributed by atoms with E-state index in [1.807, 2.05) is 44.2 Å². The van der Waals surface area contributed by atoms with Gasteiger partial charge in [-0.2, -0.15) is 8.42 Å². The van der Waals surface area contributed by atoms with E-state index in [2.05, 4.69) is 10.8 Å². The zero-order chi connectivity index (χ0) is 28.9. The van der Waals surface area contributed by atoms with Gasteiger partial charge in [0.05, 0.1) is 4.90 Å². The fourth-order valence-corrected chi connectivity index (χ4v) is 4.95. The van der Waals surface area contributed by atoms with Crippen molar-refractivity contribution in [2.45, 2.75) is 75.5 Å². The molecule has 0 bridgehead atoms. The molecule has 214 valence electrons. The zero-order valence-corrected chi connectivity index (χ0v) is 23.5. The summed E-state index contributed by atoms with van der Waals surface area (Å²) in [4.78, 5) is 26.0. The lowest BCUT2D eigenvalue weighted by Gasteiger charge is -2.33. The Labute approximate surface area is 231 Å². The zero-order valence-electron chi connectivity index (χ0n) is 22.6. The van der Waals surface area contributed by atoms with Crippen LogP contribution in [-0.2, 0) is 30.9 Å². The number of amides is 2. The van der Waals surface area contributed by atoms with Gasteiger partial charge >= 0.3 is 7.12 Å². The van der Waals surface area contributed by atoms with Crippen molar-refractivity contribution in [3.05, 3.63) is 66.2 Å². The molecule has 0 atom stereocenters. The standard InChI is InChI=1S/C21H34BN3O4.C6H6O3S/c1-20(2,16-17-10-4-3-5-11-17)24-18(26)21(12-6-7-13-21)19(27)25-29-22(28)14-8-9-15-23;7-10(8,9)6-4-2-1-3-5-6/h3-5,10-11,28H,6-9,12-16,23H2,1-2H3,(H,24,26)(H,25,27);1-5H,(H,7,8,9). The molecule has 0 aliphatic heterocycles. The van der Waals surface area contributed by atoms with Crippen LogP contribution in [0, 0.1) is 5.41 Å². The summed E-state index contributed by atoms with van der Waals surface area (Å²) in [6.45, 7) is 4.45. The summed E-state index contributed by atoms with van der Waals surface area (Å²) in [7, 11) is -5.11. The fourth-order valence-electron chi connectivity index (χ4n) is 4.45. The van der Waals surface area contributed by atoms with Gasteiger partial charge in [-0.1, -0.05) is 67.8 Å². The third kappa shape index (κ3) is 10.7. The molecule has 0 spiro atoms. The molecule has 0 heterocycles. The van der Waals surface area contributed by atoms with Crippen molar-refractivity contribution < 1.29 is 32.3 Å². The molecule has 2 aromatic carbocycles. The summed E-state index contributed by atoms with van der Waals surface area (Å²) >= 11 is 0. The number of hydrogen-bond acceptors (Lipinski definition) is 7. The van der Waals surface area contributed by atoms with Gasteiger partial charge in [-0.05, 0) is 70.1 Å². The number of nitrogens with one attached hydrogen (secondary N) is 2. The van der Waals surface area contributed by atoms with Crippen molar-refractivity contribution in [2.75, 3.05) is 6.54 Å². The van der Waals surface area contributed by atoms with Crippen LogP contribution >= 0.6 is 0 Å². The monoisotopic (exact) mass is 561 g/mol. The number of carbonyl (C=O) groups is 2. The molecular weight excluding hydrogens is 521 g/mol. The SMILES string of the molecule is CC(C)(Cc1ccccc1)NC(=O)C1(C(=O)NOB(O)CCCCN)CCCC1.O=S(=O)(O)c1ccccc1. The number of hydrogen-bond donors (Lipinski definition) is 5. The van der Waals surface area contributed by atoms with Crippen molar-refractivity contribution in [3.63, 3.8) is 0 Å². The average molecular weight is 562 g/mol. The van der Waals surface area contributed by atoms with E-state index in [1.165, 1.54) is 12.1 Å². The first-order valence-electron chi connectivity index (χ1n) is 13.1. The summed E-state index contributed by atoms with van der Waals surface area (Å²) in [5, 5.41) is 12.9. The molecule has 10 nitrogen and oxygen atoms in total. The molecule has 1 fully saturated rings. The second kappa shape index (κ2) is 15.1. The maximum atomic E-state index is 13.2. The van der Waals surface area contributed by atoms with Crippen LogP contribution in [0.1, 0.15) is 57.9 Å². The maximum absolute atomic E-state index is 13.2. The van der Waals surface area contributed by atoms with Crippen molar-refractivity contribution in [1.82, 2.24) is 10.8 Å². The molecule has 0 aromatic heterocycles. The molecule has 3 rings (SSSR count). The first-order valence-corrected chi connectivity index (χ1v) is 14.6.